The molecule has 0 unspecified atom stereocenters. The maximum atomic E-state index is 12.6. The Kier molecular flexibility index (Phi) is 7.15. The molecular formula is C20H24O7. The van der Waals surface area contributed by atoms with E-state index in [0.29, 0.717) is 17.7 Å². The third-order valence-electron chi connectivity index (χ3n) is 4.30. The first-order valence-electron chi connectivity index (χ1n) is 8.72. The number of aromatic hydroxyl groups is 1. The highest BCUT2D eigenvalue weighted by molar-refractivity contribution is 5.97. The SMILES string of the molecule is CC[C@@H]1C/C=C\C(=O)[C@@H](O)[C@@H](O)C/C=C/c2cc(OC)cc(O)c2C(=O)O1. The van der Waals surface area contributed by atoms with Crippen molar-refractivity contribution in [1.29, 1.82) is 0 Å². The number of benzene rings is 1. The highest BCUT2D eigenvalue weighted by Gasteiger charge is 2.24. The van der Waals surface area contributed by atoms with Crippen LogP contribution in [0.25, 0.3) is 6.08 Å². The second kappa shape index (κ2) is 9.34. The zero-order valence-electron chi connectivity index (χ0n) is 15.3. The number of ketones is 1. The fourth-order valence-corrected chi connectivity index (χ4v) is 2.69. The summed E-state index contributed by atoms with van der Waals surface area (Å²) < 4.78 is 10.6. The van der Waals surface area contributed by atoms with E-state index in [9.17, 15) is 24.9 Å². The van der Waals surface area contributed by atoms with Crippen LogP contribution in [0.15, 0.2) is 30.4 Å². The average molecular weight is 376 g/mol. The number of hydrogen-bond acceptors (Lipinski definition) is 7. The second-order valence-corrected chi connectivity index (χ2v) is 6.24. The van der Waals surface area contributed by atoms with Gasteiger partial charge in [-0.15, -0.1) is 0 Å². The summed E-state index contributed by atoms with van der Waals surface area (Å²) in [5.41, 5.74) is 0.324. The van der Waals surface area contributed by atoms with Gasteiger partial charge in [0, 0.05) is 12.5 Å². The Hall–Kier alpha value is -2.64. The third-order valence-corrected chi connectivity index (χ3v) is 4.30. The van der Waals surface area contributed by atoms with Gasteiger partial charge in [-0.25, -0.2) is 4.79 Å². The van der Waals surface area contributed by atoms with Crippen molar-refractivity contribution in [1.82, 2.24) is 0 Å². The molecule has 1 aliphatic heterocycles. The number of rotatable bonds is 2. The molecule has 0 radical (unpaired) electrons. The van der Waals surface area contributed by atoms with Crippen LogP contribution in [0.2, 0.25) is 0 Å². The van der Waals surface area contributed by atoms with Crippen molar-refractivity contribution in [2.45, 2.75) is 44.5 Å². The van der Waals surface area contributed by atoms with Gasteiger partial charge >= 0.3 is 5.97 Å². The van der Waals surface area contributed by atoms with Gasteiger partial charge in [0.2, 0.25) is 0 Å². The highest BCUT2D eigenvalue weighted by atomic mass is 16.5. The molecule has 0 saturated heterocycles. The lowest BCUT2D eigenvalue weighted by atomic mass is 10.0. The number of aliphatic hydroxyl groups is 2. The molecule has 1 aromatic carbocycles. The Morgan fingerprint density at radius 2 is 1.85 bits per heavy atom. The molecule has 3 atom stereocenters. The predicted octanol–water partition coefficient (Wildman–Crippen LogP) is 1.99. The van der Waals surface area contributed by atoms with E-state index in [1.54, 1.807) is 6.07 Å². The highest BCUT2D eigenvalue weighted by Crippen LogP contribution is 2.30. The number of carbonyl (C=O) groups excluding carboxylic acids is 2. The summed E-state index contributed by atoms with van der Waals surface area (Å²) in [4.78, 5) is 24.5. The van der Waals surface area contributed by atoms with Gasteiger partial charge in [-0.3, -0.25) is 4.79 Å². The molecule has 0 aromatic heterocycles. The maximum absolute atomic E-state index is 12.6. The molecule has 0 fully saturated rings. The number of esters is 1. The minimum absolute atomic E-state index is 0.0161. The molecule has 1 aliphatic rings. The van der Waals surface area contributed by atoms with Gasteiger partial charge in [-0.2, -0.15) is 0 Å². The van der Waals surface area contributed by atoms with Crippen molar-refractivity contribution >= 4 is 17.8 Å². The fraction of sp³-hybridized carbons (Fsp3) is 0.400. The molecule has 27 heavy (non-hydrogen) atoms. The quantitative estimate of drug-likeness (QED) is 0.677. The summed E-state index contributed by atoms with van der Waals surface area (Å²) >= 11 is 0. The zero-order chi connectivity index (χ0) is 20.0. The van der Waals surface area contributed by atoms with Gasteiger partial charge in [0.25, 0.3) is 0 Å². The number of aliphatic hydroxyl groups excluding tert-OH is 2. The Morgan fingerprint density at radius 3 is 2.52 bits per heavy atom. The molecule has 0 saturated carbocycles. The van der Waals surface area contributed by atoms with E-state index in [1.165, 1.54) is 37.5 Å². The van der Waals surface area contributed by atoms with E-state index in [4.69, 9.17) is 9.47 Å². The first kappa shape index (κ1) is 20.7. The summed E-state index contributed by atoms with van der Waals surface area (Å²) in [6, 6.07) is 2.86. The lowest BCUT2D eigenvalue weighted by Crippen LogP contribution is -2.32. The predicted molar refractivity (Wildman–Crippen MR) is 98.6 cm³/mol. The summed E-state index contributed by atoms with van der Waals surface area (Å²) in [7, 11) is 1.43. The molecule has 2 rings (SSSR count). The molecule has 0 spiro atoms. The van der Waals surface area contributed by atoms with E-state index < -0.39 is 30.1 Å². The second-order valence-electron chi connectivity index (χ2n) is 6.24. The van der Waals surface area contributed by atoms with Crippen molar-refractivity contribution in [2.75, 3.05) is 7.11 Å². The number of cyclic esters (lactones) is 1. The third kappa shape index (κ3) is 5.18. The molecule has 7 heteroatoms. The number of phenolic OH excluding ortho intramolecular Hbond substituents is 1. The molecule has 7 nitrogen and oxygen atoms in total. The van der Waals surface area contributed by atoms with E-state index in [1.807, 2.05) is 6.92 Å². The molecule has 0 amide bonds. The molecule has 1 heterocycles. The topological polar surface area (TPSA) is 113 Å². The Labute approximate surface area is 157 Å². The lowest BCUT2D eigenvalue weighted by Gasteiger charge is -2.18. The van der Waals surface area contributed by atoms with Gasteiger partial charge < -0.3 is 24.8 Å². The van der Waals surface area contributed by atoms with Crippen LogP contribution in [-0.2, 0) is 9.53 Å². The maximum Gasteiger partial charge on any atom is 0.342 e. The van der Waals surface area contributed by atoms with Crippen molar-refractivity contribution in [3.05, 3.63) is 41.5 Å². The smallest absolute Gasteiger partial charge is 0.342 e. The summed E-state index contributed by atoms with van der Waals surface area (Å²) in [5, 5.41) is 30.2. The number of fused-ring (bicyclic) bond motifs is 1. The van der Waals surface area contributed by atoms with Crippen LogP contribution in [0.4, 0.5) is 0 Å². The van der Waals surface area contributed by atoms with Crippen LogP contribution < -0.4 is 4.74 Å². The normalized spacial score (nSPS) is 26.4. The Bertz CT molecular complexity index is 751. The Morgan fingerprint density at radius 1 is 1.15 bits per heavy atom. The van der Waals surface area contributed by atoms with Crippen molar-refractivity contribution in [2.24, 2.45) is 0 Å². The minimum Gasteiger partial charge on any atom is -0.507 e. The van der Waals surface area contributed by atoms with Gasteiger partial charge in [0.15, 0.2) is 5.78 Å². The molecule has 146 valence electrons. The largest absolute Gasteiger partial charge is 0.507 e. The van der Waals surface area contributed by atoms with Crippen molar-refractivity contribution < 1.29 is 34.4 Å². The number of methoxy groups -OCH3 is 1. The van der Waals surface area contributed by atoms with Gasteiger partial charge in [0.1, 0.15) is 29.3 Å². The van der Waals surface area contributed by atoms with Crippen LogP contribution in [0, 0.1) is 0 Å². The van der Waals surface area contributed by atoms with Gasteiger partial charge in [-0.05, 0) is 30.5 Å². The Balaban J connectivity index is 2.47. The minimum atomic E-state index is -1.55. The summed E-state index contributed by atoms with van der Waals surface area (Å²) in [6.07, 6.45) is 3.06. The molecule has 0 bridgehead atoms. The number of phenols is 1. The first-order chi connectivity index (χ1) is 12.9. The van der Waals surface area contributed by atoms with Crippen LogP contribution >= 0.6 is 0 Å². The molecule has 3 N–H and O–H groups in total. The van der Waals surface area contributed by atoms with E-state index in [2.05, 4.69) is 0 Å². The zero-order valence-corrected chi connectivity index (χ0v) is 15.3. The van der Waals surface area contributed by atoms with Crippen LogP contribution in [0.3, 0.4) is 0 Å². The van der Waals surface area contributed by atoms with Crippen LogP contribution in [-0.4, -0.2) is 52.5 Å². The molecule has 1 aromatic rings. The summed E-state index contributed by atoms with van der Waals surface area (Å²) in [6.45, 7) is 1.82. The van der Waals surface area contributed by atoms with Gasteiger partial charge in [0.05, 0.1) is 13.2 Å². The number of carbonyl (C=O) groups is 2. The van der Waals surface area contributed by atoms with Gasteiger partial charge in [-0.1, -0.05) is 25.2 Å². The van der Waals surface area contributed by atoms with E-state index >= 15 is 0 Å². The monoisotopic (exact) mass is 376 g/mol. The summed E-state index contributed by atoms with van der Waals surface area (Å²) in [5.74, 6) is -1.25. The van der Waals surface area contributed by atoms with E-state index in [-0.39, 0.29) is 24.2 Å². The lowest BCUT2D eigenvalue weighted by molar-refractivity contribution is -0.127. The number of hydrogen-bond donors (Lipinski definition) is 3. The van der Waals surface area contributed by atoms with E-state index in [0.717, 1.165) is 0 Å². The molecule has 0 aliphatic carbocycles. The van der Waals surface area contributed by atoms with Crippen molar-refractivity contribution in [3.63, 3.8) is 0 Å². The average Bonchev–Trinajstić information content (AvgIpc) is 2.64. The number of ether oxygens (including phenoxy) is 2. The first-order valence-corrected chi connectivity index (χ1v) is 8.72. The standard InChI is InChI=1S/C20H24O7/c1-3-13-7-5-9-16(22)19(24)15(21)8-4-6-12-10-14(26-2)11-17(23)18(12)20(25)27-13/h4-6,9-11,13,15,19,21,23-24H,3,7-8H2,1-2H3/b6-4+,9-5-/t13-,15+,19+/m1/s1. The molecular weight excluding hydrogens is 352 g/mol. The fourth-order valence-electron chi connectivity index (χ4n) is 2.69. The van der Waals surface area contributed by atoms with Crippen LogP contribution in [0.1, 0.15) is 42.1 Å². The van der Waals surface area contributed by atoms with Crippen molar-refractivity contribution in [3.8, 4) is 11.5 Å². The van der Waals surface area contributed by atoms with Crippen LogP contribution in [0.5, 0.6) is 11.5 Å².